The number of nitrogens with two attached hydrogens (primary N) is 1. The van der Waals surface area contributed by atoms with Gasteiger partial charge in [-0.3, -0.25) is 4.98 Å². The van der Waals surface area contributed by atoms with Crippen LogP contribution < -0.4 is 5.73 Å². The van der Waals surface area contributed by atoms with Crippen molar-refractivity contribution in [2.45, 2.75) is 4.90 Å². The van der Waals surface area contributed by atoms with Crippen LogP contribution in [-0.4, -0.2) is 40.5 Å². The monoisotopic (exact) mass is 281 g/mol. The lowest BCUT2D eigenvalue weighted by atomic mass is 10.2. The highest BCUT2D eigenvalue weighted by molar-refractivity contribution is 7.90. The van der Waals surface area contributed by atoms with Crippen LogP contribution in [0.4, 0.5) is 0 Å². The Bertz CT molecular complexity index is 735. The first-order chi connectivity index (χ1) is 8.93. The maximum absolute atomic E-state index is 11.4. The summed E-state index contributed by atoms with van der Waals surface area (Å²) < 4.78 is 24.1. The standard InChI is InChI=1S/C10H11N5O3S/c1-19(17,18)7-4-13-15(6-7)9-5-12-3-2-8(9)10(11)14-16/h2-6,16H,1H3,(H2,11,14). The molecule has 0 bridgehead atoms. The van der Waals surface area contributed by atoms with E-state index < -0.39 is 9.84 Å². The molecule has 3 N–H and O–H groups in total. The molecule has 0 atom stereocenters. The molecule has 2 aromatic heterocycles. The number of hydrogen-bond donors (Lipinski definition) is 2. The molecule has 0 aliphatic heterocycles. The third-order valence-electron chi connectivity index (χ3n) is 2.42. The van der Waals surface area contributed by atoms with Crippen LogP contribution in [0.25, 0.3) is 5.69 Å². The summed E-state index contributed by atoms with van der Waals surface area (Å²) >= 11 is 0. The normalized spacial score (nSPS) is 12.6. The van der Waals surface area contributed by atoms with Crippen LogP contribution >= 0.6 is 0 Å². The molecule has 100 valence electrons. The average Bonchev–Trinajstić information content (AvgIpc) is 2.87. The summed E-state index contributed by atoms with van der Waals surface area (Å²) in [4.78, 5) is 3.98. The number of sulfone groups is 1. The number of rotatable bonds is 3. The quantitative estimate of drug-likeness (QED) is 0.346. The fraction of sp³-hybridized carbons (Fsp3) is 0.100. The second-order valence-corrected chi connectivity index (χ2v) is 5.79. The molecule has 2 heterocycles. The minimum Gasteiger partial charge on any atom is -0.409 e. The fourth-order valence-corrected chi connectivity index (χ4v) is 2.00. The van der Waals surface area contributed by atoms with E-state index in [0.717, 1.165) is 6.26 Å². The molecule has 0 aliphatic rings. The van der Waals surface area contributed by atoms with E-state index in [1.165, 1.54) is 35.5 Å². The number of hydrogen-bond acceptors (Lipinski definition) is 6. The van der Waals surface area contributed by atoms with E-state index in [0.29, 0.717) is 11.3 Å². The van der Waals surface area contributed by atoms with E-state index >= 15 is 0 Å². The van der Waals surface area contributed by atoms with Gasteiger partial charge in [-0.05, 0) is 6.07 Å². The Labute approximate surface area is 109 Å². The molecule has 8 nitrogen and oxygen atoms in total. The Balaban J connectivity index is 2.57. The summed E-state index contributed by atoms with van der Waals surface area (Å²) in [6.07, 6.45) is 6.55. The van der Waals surface area contributed by atoms with Gasteiger partial charge in [-0.25, -0.2) is 13.1 Å². The summed E-state index contributed by atoms with van der Waals surface area (Å²) in [5.41, 5.74) is 6.34. The Morgan fingerprint density at radius 3 is 2.79 bits per heavy atom. The van der Waals surface area contributed by atoms with Gasteiger partial charge >= 0.3 is 0 Å². The Morgan fingerprint density at radius 2 is 2.21 bits per heavy atom. The minimum atomic E-state index is -3.34. The van der Waals surface area contributed by atoms with Crippen molar-refractivity contribution in [3.8, 4) is 5.69 Å². The van der Waals surface area contributed by atoms with Crippen molar-refractivity contribution in [1.29, 1.82) is 0 Å². The van der Waals surface area contributed by atoms with Gasteiger partial charge in [-0.2, -0.15) is 5.10 Å². The SMILES string of the molecule is CS(=O)(=O)c1cnn(-c2cnccc2/C(N)=N/O)c1. The van der Waals surface area contributed by atoms with E-state index in [-0.39, 0.29) is 10.7 Å². The van der Waals surface area contributed by atoms with Crippen molar-refractivity contribution in [1.82, 2.24) is 14.8 Å². The van der Waals surface area contributed by atoms with E-state index in [1.807, 2.05) is 0 Å². The molecule has 0 aromatic carbocycles. The van der Waals surface area contributed by atoms with Crippen molar-refractivity contribution in [2.24, 2.45) is 10.9 Å². The van der Waals surface area contributed by atoms with Gasteiger partial charge in [-0.1, -0.05) is 5.16 Å². The van der Waals surface area contributed by atoms with Crippen LogP contribution in [0.3, 0.4) is 0 Å². The van der Waals surface area contributed by atoms with Crippen LogP contribution in [0, 0.1) is 0 Å². The zero-order valence-corrected chi connectivity index (χ0v) is 10.7. The summed E-state index contributed by atoms with van der Waals surface area (Å²) in [7, 11) is -3.34. The summed E-state index contributed by atoms with van der Waals surface area (Å²) in [5, 5.41) is 15.6. The first-order valence-corrected chi connectivity index (χ1v) is 6.99. The molecule has 0 unspecified atom stereocenters. The predicted octanol–water partition coefficient (Wildman–Crippen LogP) is -0.235. The highest BCUT2D eigenvalue weighted by Crippen LogP contribution is 2.15. The van der Waals surface area contributed by atoms with Gasteiger partial charge in [0.25, 0.3) is 0 Å². The molecule has 0 saturated heterocycles. The van der Waals surface area contributed by atoms with Gasteiger partial charge in [-0.15, -0.1) is 0 Å². The van der Waals surface area contributed by atoms with E-state index in [1.54, 1.807) is 0 Å². The van der Waals surface area contributed by atoms with E-state index in [9.17, 15) is 8.42 Å². The molecule has 9 heteroatoms. The summed E-state index contributed by atoms with van der Waals surface area (Å²) in [6.45, 7) is 0. The van der Waals surface area contributed by atoms with Crippen LogP contribution in [0.5, 0.6) is 0 Å². The first-order valence-electron chi connectivity index (χ1n) is 5.10. The van der Waals surface area contributed by atoms with E-state index in [4.69, 9.17) is 10.9 Å². The number of aromatic nitrogens is 3. The molecule has 19 heavy (non-hydrogen) atoms. The molecule has 2 rings (SSSR count). The van der Waals surface area contributed by atoms with Gasteiger partial charge in [0.2, 0.25) is 0 Å². The molecular formula is C10H11N5O3S. The lowest BCUT2D eigenvalue weighted by Crippen LogP contribution is -2.16. The molecule has 0 aliphatic carbocycles. The topological polar surface area (TPSA) is 123 Å². The van der Waals surface area contributed by atoms with E-state index in [2.05, 4.69) is 15.2 Å². The van der Waals surface area contributed by atoms with Crippen molar-refractivity contribution >= 4 is 15.7 Å². The Hall–Kier alpha value is -2.42. The lowest BCUT2D eigenvalue weighted by molar-refractivity contribution is 0.318. The van der Waals surface area contributed by atoms with Crippen LogP contribution in [0.1, 0.15) is 5.56 Å². The zero-order valence-electron chi connectivity index (χ0n) is 9.92. The Kier molecular flexibility index (Phi) is 3.21. The number of oxime groups is 1. The number of nitrogens with zero attached hydrogens (tertiary/aromatic N) is 4. The van der Waals surface area contributed by atoms with Gasteiger partial charge in [0.1, 0.15) is 4.90 Å². The van der Waals surface area contributed by atoms with Crippen LogP contribution in [-0.2, 0) is 9.84 Å². The largest absolute Gasteiger partial charge is 0.409 e. The number of amidine groups is 1. The average molecular weight is 281 g/mol. The van der Waals surface area contributed by atoms with Gasteiger partial charge in [0.05, 0.1) is 18.1 Å². The van der Waals surface area contributed by atoms with Crippen molar-refractivity contribution in [3.05, 3.63) is 36.4 Å². The molecule has 0 radical (unpaired) electrons. The smallest absolute Gasteiger partial charge is 0.178 e. The fourth-order valence-electron chi connectivity index (χ4n) is 1.47. The predicted molar refractivity (Wildman–Crippen MR) is 67.0 cm³/mol. The van der Waals surface area contributed by atoms with Gasteiger partial charge in [0, 0.05) is 24.2 Å². The minimum absolute atomic E-state index is 0.0711. The lowest BCUT2D eigenvalue weighted by Gasteiger charge is -2.06. The third-order valence-corrected chi connectivity index (χ3v) is 3.48. The molecular weight excluding hydrogens is 270 g/mol. The molecule has 0 fully saturated rings. The maximum Gasteiger partial charge on any atom is 0.178 e. The summed E-state index contributed by atoms with van der Waals surface area (Å²) in [5.74, 6) is -0.117. The zero-order chi connectivity index (χ0) is 14.0. The third kappa shape index (κ3) is 2.55. The van der Waals surface area contributed by atoms with Crippen LogP contribution in [0.2, 0.25) is 0 Å². The maximum atomic E-state index is 11.4. The van der Waals surface area contributed by atoms with Crippen molar-refractivity contribution < 1.29 is 13.6 Å². The van der Waals surface area contributed by atoms with Gasteiger partial charge in [0.15, 0.2) is 15.7 Å². The Morgan fingerprint density at radius 1 is 1.47 bits per heavy atom. The van der Waals surface area contributed by atoms with Crippen LogP contribution in [0.15, 0.2) is 40.9 Å². The second-order valence-electron chi connectivity index (χ2n) is 3.77. The highest BCUT2D eigenvalue weighted by atomic mass is 32.2. The first kappa shape index (κ1) is 13.0. The molecule has 2 aromatic rings. The van der Waals surface area contributed by atoms with Crippen molar-refractivity contribution in [3.63, 3.8) is 0 Å². The van der Waals surface area contributed by atoms with Crippen molar-refractivity contribution in [2.75, 3.05) is 6.26 Å². The molecule has 0 amide bonds. The van der Waals surface area contributed by atoms with Gasteiger partial charge < -0.3 is 10.9 Å². The molecule has 0 spiro atoms. The summed E-state index contributed by atoms with van der Waals surface area (Å²) in [6, 6.07) is 1.53. The second kappa shape index (κ2) is 4.69. The number of pyridine rings is 1. The highest BCUT2D eigenvalue weighted by Gasteiger charge is 2.14. The molecule has 0 saturated carbocycles.